The lowest BCUT2D eigenvalue weighted by atomic mass is 9.98. The summed E-state index contributed by atoms with van der Waals surface area (Å²) in [6.45, 7) is 4.26. The Kier molecular flexibility index (Phi) is 5.36. The smallest absolute Gasteiger partial charge is 0.229 e. The van der Waals surface area contributed by atoms with Gasteiger partial charge in [-0.05, 0) is 25.0 Å². The van der Waals surface area contributed by atoms with E-state index in [0.717, 1.165) is 11.3 Å². The average molecular weight is 344 g/mol. The molecule has 0 atom stereocenters. The summed E-state index contributed by atoms with van der Waals surface area (Å²) < 4.78 is 5.59. The molecule has 2 aliphatic heterocycles. The van der Waals surface area contributed by atoms with E-state index in [9.17, 15) is 14.4 Å². The summed E-state index contributed by atoms with van der Waals surface area (Å²) >= 11 is 0. The summed E-state index contributed by atoms with van der Waals surface area (Å²) in [5.74, 6) is 1.00. The van der Waals surface area contributed by atoms with E-state index in [1.807, 2.05) is 31.2 Å². The molecule has 0 aliphatic carbocycles. The maximum atomic E-state index is 12.3. The summed E-state index contributed by atoms with van der Waals surface area (Å²) in [6.07, 6.45) is 1.75. The van der Waals surface area contributed by atoms with Gasteiger partial charge in [-0.25, -0.2) is 0 Å². The van der Waals surface area contributed by atoms with Gasteiger partial charge in [0.25, 0.3) is 0 Å². The van der Waals surface area contributed by atoms with E-state index in [0.29, 0.717) is 51.9 Å². The van der Waals surface area contributed by atoms with Crippen molar-refractivity contribution in [3.63, 3.8) is 0 Å². The number of rotatable bonds is 7. The number of aryl methyl sites for hydroxylation is 1. The lowest BCUT2D eigenvalue weighted by Crippen LogP contribution is -2.54. The summed E-state index contributed by atoms with van der Waals surface area (Å²) in [5, 5.41) is 0. The van der Waals surface area contributed by atoms with Crippen LogP contribution in [0.1, 0.15) is 31.7 Å². The first-order valence-corrected chi connectivity index (χ1v) is 8.90. The van der Waals surface area contributed by atoms with Crippen LogP contribution in [-0.4, -0.2) is 53.8 Å². The van der Waals surface area contributed by atoms with Gasteiger partial charge in [-0.15, -0.1) is 0 Å². The highest BCUT2D eigenvalue weighted by Crippen LogP contribution is 2.23. The van der Waals surface area contributed by atoms with Crippen LogP contribution in [0, 0.1) is 5.92 Å². The average Bonchev–Trinajstić information content (AvgIpc) is 2.88. The monoisotopic (exact) mass is 344 g/mol. The number of hydrogen-bond acceptors (Lipinski definition) is 4. The van der Waals surface area contributed by atoms with Crippen LogP contribution in [0.25, 0.3) is 0 Å². The molecule has 0 bridgehead atoms. The second-order valence-electron chi connectivity index (χ2n) is 6.60. The number of benzene rings is 1. The number of likely N-dealkylation sites (tertiary alicyclic amines) is 2. The molecule has 0 spiro atoms. The highest BCUT2D eigenvalue weighted by molar-refractivity contribution is 6.01. The lowest BCUT2D eigenvalue weighted by molar-refractivity contribution is -0.142. The molecule has 0 saturated carbocycles. The van der Waals surface area contributed by atoms with Crippen LogP contribution in [0.4, 0.5) is 0 Å². The third-order valence-corrected chi connectivity index (χ3v) is 4.79. The fourth-order valence-electron chi connectivity index (χ4n) is 3.38. The molecule has 0 N–H and O–H groups in total. The lowest BCUT2D eigenvalue weighted by Gasteiger charge is -2.40. The molecule has 134 valence electrons. The molecule has 2 saturated heterocycles. The minimum absolute atomic E-state index is 0.0812. The summed E-state index contributed by atoms with van der Waals surface area (Å²) in [7, 11) is 0. The van der Waals surface area contributed by atoms with Crippen LogP contribution < -0.4 is 4.74 Å². The van der Waals surface area contributed by atoms with Gasteiger partial charge in [0.15, 0.2) is 0 Å². The first-order chi connectivity index (χ1) is 12.1. The molecule has 0 aromatic heterocycles. The summed E-state index contributed by atoms with van der Waals surface area (Å²) in [5.41, 5.74) is 1.04. The maximum absolute atomic E-state index is 12.3. The van der Waals surface area contributed by atoms with Crippen molar-refractivity contribution in [2.45, 2.75) is 32.6 Å². The third-order valence-electron chi connectivity index (χ3n) is 4.79. The van der Waals surface area contributed by atoms with Crippen molar-refractivity contribution in [2.24, 2.45) is 5.92 Å². The van der Waals surface area contributed by atoms with Crippen LogP contribution in [0.5, 0.6) is 5.75 Å². The zero-order chi connectivity index (χ0) is 17.8. The highest BCUT2D eigenvalue weighted by Gasteiger charge is 2.36. The Hall–Kier alpha value is -2.37. The van der Waals surface area contributed by atoms with E-state index < -0.39 is 0 Å². The number of amides is 3. The van der Waals surface area contributed by atoms with E-state index in [4.69, 9.17) is 4.74 Å². The molecule has 1 aromatic carbocycles. The number of carbonyl (C=O) groups is 3. The minimum atomic E-state index is -0.0812. The van der Waals surface area contributed by atoms with Crippen molar-refractivity contribution < 1.29 is 19.1 Å². The van der Waals surface area contributed by atoms with Gasteiger partial charge in [0.05, 0.1) is 6.61 Å². The van der Waals surface area contributed by atoms with Crippen LogP contribution in [0.2, 0.25) is 0 Å². The topological polar surface area (TPSA) is 66.9 Å². The molecule has 2 fully saturated rings. The Labute approximate surface area is 147 Å². The van der Waals surface area contributed by atoms with Crippen molar-refractivity contribution in [2.75, 3.05) is 26.2 Å². The van der Waals surface area contributed by atoms with Gasteiger partial charge < -0.3 is 9.64 Å². The molecule has 1 aromatic rings. The fraction of sp³-hybridized carbons (Fsp3) is 0.526. The number of nitrogens with zero attached hydrogens (tertiary/aromatic N) is 2. The second-order valence-corrected chi connectivity index (χ2v) is 6.60. The standard InChI is InChI=1S/C19H24N2O4/c1-2-25-16-6-4-3-5-15(16)7-8-17(22)20-11-14(12-20)13-21-18(23)9-10-19(21)24/h3-6,14H,2,7-13H2,1H3. The molecule has 25 heavy (non-hydrogen) atoms. The predicted octanol–water partition coefficient (Wildman–Crippen LogP) is 1.63. The Balaban J connectivity index is 1.44. The van der Waals surface area contributed by atoms with Gasteiger partial charge in [0.2, 0.25) is 17.7 Å². The van der Waals surface area contributed by atoms with Crippen LogP contribution in [0.3, 0.4) is 0 Å². The zero-order valence-corrected chi connectivity index (χ0v) is 14.6. The fourth-order valence-corrected chi connectivity index (χ4v) is 3.38. The second kappa shape index (κ2) is 7.68. The van der Waals surface area contributed by atoms with Crippen molar-refractivity contribution in [1.82, 2.24) is 9.80 Å². The SMILES string of the molecule is CCOc1ccccc1CCC(=O)N1CC(CN2C(=O)CCC2=O)C1. The van der Waals surface area contributed by atoms with E-state index in [1.54, 1.807) is 4.90 Å². The Bertz CT molecular complexity index is 651. The van der Waals surface area contributed by atoms with E-state index in [1.165, 1.54) is 4.90 Å². The van der Waals surface area contributed by atoms with E-state index >= 15 is 0 Å². The molecule has 0 unspecified atom stereocenters. The van der Waals surface area contributed by atoms with Gasteiger partial charge in [-0.3, -0.25) is 19.3 Å². The molecule has 3 rings (SSSR count). The first kappa shape index (κ1) is 17.5. The zero-order valence-electron chi connectivity index (χ0n) is 14.6. The van der Waals surface area contributed by atoms with Gasteiger partial charge in [-0.2, -0.15) is 0 Å². The van der Waals surface area contributed by atoms with Crippen molar-refractivity contribution in [1.29, 1.82) is 0 Å². The van der Waals surface area contributed by atoms with Gasteiger partial charge in [0.1, 0.15) is 5.75 Å². The predicted molar refractivity (Wildman–Crippen MR) is 92.0 cm³/mol. The maximum Gasteiger partial charge on any atom is 0.229 e. The first-order valence-electron chi connectivity index (χ1n) is 8.90. The van der Waals surface area contributed by atoms with Gasteiger partial charge >= 0.3 is 0 Å². The number of para-hydroxylation sites is 1. The van der Waals surface area contributed by atoms with Crippen LogP contribution >= 0.6 is 0 Å². The van der Waals surface area contributed by atoms with Crippen molar-refractivity contribution in [3.05, 3.63) is 29.8 Å². The van der Waals surface area contributed by atoms with Crippen LogP contribution in [-0.2, 0) is 20.8 Å². The molecule has 0 radical (unpaired) electrons. The largest absolute Gasteiger partial charge is 0.494 e. The Morgan fingerprint density at radius 2 is 1.84 bits per heavy atom. The van der Waals surface area contributed by atoms with Gasteiger partial charge in [-0.1, -0.05) is 18.2 Å². The van der Waals surface area contributed by atoms with Crippen molar-refractivity contribution >= 4 is 17.7 Å². The quantitative estimate of drug-likeness (QED) is 0.705. The molecular formula is C19H24N2O4. The number of ether oxygens (including phenoxy) is 1. The normalized spacial score (nSPS) is 17.8. The molecular weight excluding hydrogens is 320 g/mol. The summed E-state index contributed by atoms with van der Waals surface area (Å²) in [4.78, 5) is 38.7. The Morgan fingerprint density at radius 1 is 1.16 bits per heavy atom. The third kappa shape index (κ3) is 4.00. The molecule has 2 heterocycles. The molecule has 2 aliphatic rings. The molecule has 6 heteroatoms. The van der Waals surface area contributed by atoms with Gasteiger partial charge in [0, 0.05) is 44.8 Å². The summed E-state index contributed by atoms with van der Waals surface area (Å²) in [6, 6.07) is 7.79. The minimum Gasteiger partial charge on any atom is -0.494 e. The number of carbonyl (C=O) groups excluding carboxylic acids is 3. The number of imide groups is 1. The number of hydrogen-bond donors (Lipinski definition) is 0. The van der Waals surface area contributed by atoms with E-state index in [2.05, 4.69) is 0 Å². The molecule has 6 nitrogen and oxygen atoms in total. The van der Waals surface area contributed by atoms with Crippen molar-refractivity contribution in [3.8, 4) is 5.75 Å². The van der Waals surface area contributed by atoms with Crippen LogP contribution in [0.15, 0.2) is 24.3 Å². The molecule has 3 amide bonds. The van der Waals surface area contributed by atoms with E-state index in [-0.39, 0.29) is 23.6 Å². The Morgan fingerprint density at radius 3 is 2.52 bits per heavy atom. The highest BCUT2D eigenvalue weighted by atomic mass is 16.5.